The number of alkyl halides is 3. The van der Waals surface area contributed by atoms with Gasteiger partial charge in [-0.1, -0.05) is 0 Å². The number of aromatic nitrogens is 2. The first-order chi connectivity index (χ1) is 9.51. The number of ether oxygens (including phenoxy) is 1. The minimum Gasteiger partial charge on any atom is -0.370 e. The number of hydrogen-bond acceptors (Lipinski definition) is 3. The average molecular weight is 287 g/mol. The Hall–Kier alpha value is -1.60. The second kappa shape index (κ2) is 6.23. The van der Waals surface area contributed by atoms with E-state index in [0.29, 0.717) is 13.1 Å². The van der Waals surface area contributed by atoms with Crippen LogP contribution >= 0.6 is 0 Å². The van der Waals surface area contributed by atoms with Crippen LogP contribution in [-0.4, -0.2) is 36.0 Å². The largest absolute Gasteiger partial charge is 0.411 e. The minimum absolute atomic E-state index is 0.00113. The van der Waals surface area contributed by atoms with Gasteiger partial charge in [-0.05, 0) is 24.7 Å². The van der Waals surface area contributed by atoms with Gasteiger partial charge in [-0.3, -0.25) is 0 Å². The highest BCUT2D eigenvalue weighted by Gasteiger charge is 2.27. The molecule has 0 atom stereocenters. The lowest BCUT2D eigenvalue weighted by Gasteiger charge is -2.08. The van der Waals surface area contributed by atoms with E-state index in [-0.39, 0.29) is 6.61 Å². The summed E-state index contributed by atoms with van der Waals surface area (Å²) in [7, 11) is 1.84. The Kier molecular flexibility index (Phi) is 4.61. The summed E-state index contributed by atoms with van der Waals surface area (Å²) in [6.45, 7) is -0.201. The molecule has 0 aromatic carbocycles. The molecule has 7 heteroatoms. The maximum Gasteiger partial charge on any atom is 0.411 e. The lowest BCUT2D eigenvalue weighted by molar-refractivity contribution is -0.174. The fourth-order valence-corrected chi connectivity index (χ4v) is 2.05. The van der Waals surface area contributed by atoms with Gasteiger partial charge in [-0.15, -0.1) is 0 Å². The molecule has 0 bridgehead atoms. The van der Waals surface area contributed by atoms with Crippen molar-refractivity contribution in [2.45, 2.75) is 19.3 Å². The van der Waals surface area contributed by atoms with E-state index in [4.69, 9.17) is 0 Å². The zero-order valence-electron chi connectivity index (χ0n) is 11.1. The molecule has 1 N–H and O–H groups in total. The van der Waals surface area contributed by atoms with E-state index in [1.165, 1.54) is 0 Å². The molecule has 20 heavy (non-hydrogen) atoms. The highest BCUT2D eigenvalue weighted by Crippen LogP contribution is 2.19. The highest BCUT2D eigenvalue weighted by atomic mass is 19.4. The number of nitrogens with zero attached hydrogens (tertiary/aromatic N) is 2. The molecule has 0 aliphatic rings. The number of rotatable bonds is 6. The average Bonchev–Trinajstić information content (AvgIpc) is 2.73. The van der Waals surface area contributed by atoms with E-state index >= 15 is 0 Å². The Bertz CT molecular complexity index is 565. The van der Waals surface area contributed by atoms with Crippen molar-refractivity contribution >= 4 is 11.0 Å². The monoisotopic (exact) mass is 287 g/mol. The number of hydrogen-bond donors (Lipinski definition) is 1. The molecule has 0 radical (unpaired) electrons. The molecule has 0 saturated heterocycles. The molecular weight excluding hydrogens is 271 g/mol. The van der Waals surface area contributed by atoms with Gasteiger partial charge in [0.1, 0.15) is 12.3 Å². The Morgan fingerprint density at radius 1 is 1.40 bits per heavy atom. The van der Waals surface area contributed by atoms with Crippen LogP contribution in [0.4, 0.5) is 13.2 Å². The molecule has 0 amide bonds. The summed E-state index contributed by atoms with van der Waals surface area (Å²) in [6, 6.07) is 3.79. The van der Waals surface area contributed by atoms with Gasteiger partial charge in [0.15, 0.2) is 0 Å². The van der Waals surface area contributed by atoms with Crippen LogP contribution in [0.2, 0.25) is 0 Å². The summed E-state index contributed by atoms with van der Waals surface area (Å²) in [5, 5.41) is 4.05. The van der Waals surface area contributed by atoms with E-state index in [1.807, 2.05) is 29.9 Å². The van der Waals surface area contributed by atoms with Crippen molar-refractivity contribution in [3.63, 3.8) is 0 Å². The second-order valence-corrected chi connectivity index (χ2v) is 4.42. The second-order valence-electron chi connectivity index (χ2n) is 4.42. The summed E-state index contributed by atoms with van der Waals surface area (Å²) in [5.74, 6) is 0. The Morgan fingerprint density at radius 3 is 2.90 bits per heavy atom. The molecule has 2 heterocycles. The van der Waals surface area contributed by atoms with Crippen molar-refractivity contribution in [1.82, 2.24) is 14.9 Å². The van der Waals surface area contributed by atoms with Crippen molar-refractivity contribution in [3.8, 4) is 0 Å². The first-order valence-corrected chi connectivity index (χ1v) is 6.23. The summed E-state index contributed by atoms with van der Waals surface area (Å²) in [4.78, 5) is 4.27. The maximum absolute atomic E-state index is 12.0. The lowest BCUT2D eigenvalue weighted by Crippen LogP contribution is -2.19. The number of halogens is 3. The zero-order valence-corrected chi connectivity index (χ0v) is 11.1. The third-order valence-corrected chi connectivity index (χ3v) is 2.83. The van der Waals surface area contributed by atoms with Crippen LogP contribution in [0.25, 0.3) is 11.0 Å². The van der Waals surface area contributed by atoms with Crippen molar-refractivity contribution in [3.05, 3.63) is 30.1 Å². The maximum atomic E-state index is 12.0. The van der Waals surface area contributed by atoms with Crippen LogP contribution in [0.1, 0.15) is 5.56 Å². The summed E-state index contributed by atoms with van der Waals surface area (Å²) < 4.78 is 42.4. The molecule has 0 saturated carbocycles. The van der Waals surface area contributed by atoms with Crippen molar-refractivity contribution < 1.29 is 17.9 Å². The third kappa shape index (κ3) is 3.71. The SMILES string of the molecule is CNCc1cn(CCOCC(F)(F)F)c2ncccc12. The fraction of sp³-hybridized carbons (Fsp3) is 0.462. The third-order valence-electron chi connectivity index (χ3n) is 2.83. The van der Waals surface area contributed by atoms with Crippen LogP contribution in [0, 0.1) is 0 Å². The summed E-state index contributed by atoms with van der Waals surface area (Å²) in [5.41, 5.74) is 1.82. The smallest absolute Gasteiger partial charge is 0.370 e. The highest BCUT2D eigenvalue weighted by molar-refractivity contribution is 5.80. The fourth-order valence-electron chi connectivity index (χ4n) is 2.05. The molecule has 2 aromatic heterocycles. The van der Waals surface area contributed by atoms with E-state index in [0.717, 1.165) is 16.6 Å². The molecule has 0 fully saturated rings. The molecule has 0 aliphatic carbocycles. The van der Waals surface area contributed by atoms with Gasteiger partial charge in [-0.25, -0.2) is 4.98 Å². The number of pyridine rings is 1. The van der Waals surface area contributed by atoms with Gasteiger partial charge in [0, 0.05) is 30.9 Å². The Labute approximate surface area is 114 Å². The first kappa shape index (κ1) is 14.8. The van der Waals surface area contributed by atoms with Gasteiger partial charge >= 0.3 is 6.18 Å². The predicted octanol–water partition coefficient (Wildman–Crippen LogP) is 2.33. The predicted molar refractivity (Wildman–Crippen MR) is 69.4 cm³/mol. The van der Waals surface area contributed by atoms with Crippen LogP contribution in [-0.2, 0) is 17.8 Å². The normalized spacial score (nSPS) is 12.2. The molecule has 0 aliphatic heterocycles. The van der Waals surface area contributed by atoms with Gasteiger partial charge in [0.25, 0.3) is 0 Å². The van der Waals surface area contributed by atoms with Crippen molar-refractivity contribution in [2.75, 3.05) is 20.3 Å². The quantitative estimate of drug-likeness (QED) is 0.829. The Morgan fingerprint density at radius 2 is 2.20 bits per heavy atom. The van der Waals surface area contributed by atoms with Gasteiger partial charge in [0.05, 0.1) is 6.61 Å². The van der Waals surface area contributed by atoms with Crippen LogP contribution < -0.4 is 5.32 Å². The van der Waals surface area contributed by atoms with Gasteiger partial charge in [-0.2, -0.15) is 13.2 Å². The van der Waals surface area contributed by atoms with Crippen molar-refractivity contribution in [1.29, 1.82) is 0 Å². The molecule has 0 unspecified atom stereocenters. The Balaban J connectivity index is 2.06. The summed E-state index contributed by atoms with van der Waals surface area (Å²) in [6.07, 6.45) is -0.724. The van der Waals surface area contributed by atoms with Gasteiger partial charge < -0.3 is 14.6 Å². The molecule has 0 spiro atoms. The zero-order chi connectivity index (χ0) is 14.6. The molecule has 4 nitrogen and oxygen atoms in total. The molecule has 2 aromatic rings. The van der Waals surface area contributed by atoms with Crippen LogP contribution in [0.3, 0.4) is 0 Å². The lowest BCUT2D eigenvalue weighted by atomic mass is 10.2. The van der Waals surface area contributed by atoms with Gasteiger partial charge in [0.2, 0.25) is 0 Å². The number of nitrogens with one attached hydrogen (secondary N) is 1. The molecular formula is C13H16F3N3O. The molecule has 110 valence electrons. The minimum atomic E-state index is -4.28. The van der Waals surface area contributed by atoms with E-state index in [1.54, 1.807) is 6.20 Å². The van der Waals surface area contributed by atoms with E-state index in [9.17, 15) is 13.2 Å². The van der Waals surface area contributed by atoms with E-state index < -0.39 is 12.8 Å². The van der Waals surface area contributed by atoms with Crippen LogP contribution in [0.5, 0.6) is 0 Å². The first-order valence-electron chi connectivity index (χ1n) is 6.23. The summed E-state index contributed by atoms with van der Waals surface area (Å²) >= 11 is 0. The van der Waals surface area contributed by atoms with Crippen molar-refractivity contribution in [2.24, 2.45) is 0 Å². The number of fused-ring (bicyclic) bond motifs is 1. The molecule has 2 rings (SSSR count). The standard InChI is InChI=1S/C13H16F3N3O/c1-17-7-10-8-19(5-6-20-9-13(14,15)16)12-11(10)3-2-4-18-12/h2-4,8,17H,5-7,9H2,1H3. The topological polar surface area (TPSA) is 39.1 Å². The van der Waals surface area contributed by atoms with Crippen LogP contribution in [0.15, 0.2) is 24.5 Å². The van der Waals surface area contributed by atoms with E-state index in [2.05, 4.69) is 15.0 Å².